The number of hydrogen-bond donors (Lipinski definition) is 1. The number of nitrogens with one attached hydrogen (secondary N) is 1. The van der Waals surface area contributed by atoms with E-state index in [1.807, 2.05) is 79.1 Å². The molecule has 0 spiro atoms. The van der Waals surface area contributed by atoms with Crippen LogP contribution in [0, 0.1) is 6.92 Å². The van der Waals surface area contributed by atoms with Gasteiger partial charge >= 0.3 is 0 Å². The largest absolute Gasteiger partial charge is 0.483 e. The molecule has 0 saturated heterocycles. The second kappa shape index (κ2) is 13.4. The lowest BCUT2D eigenvalue weighted by molar-refractivity contribution is -0.122. The normalized spacial score (nSPS) is 11.5. The molecule has 0 saturated carbocycles. The zero-order chi connectivity index (χ0) is 27.6. The molecule has 1 unspecified atom stereocenters. The Kier molecular flexibility index (Phi) is 9.46. The van der Waals surface area contributed by atoms with Crippen LogP contribution in [0.25, 0.3) is 0 Å². The first-order valence-corrected chi connectivity index (χ1v) is 13.3. The number of hydrogen-bond acceptors (Lipinski definition) is 4. The van der Waals surface area contributed by atoms with Crippen molar-refractivity contribution in [2.45, 2.75) is 45.8 Å². The molecule has 0 aliphatic rings. The first-order chi connectivity index (χ1) is 18.9. The van der Waals surface area contributed by atoms with Crippen molar-refractivity contribution in [3.8, 4) is 5.75 Å². The van der Waals surface area contributed by atoms with Gasteiger partial charge in [0.2, 0.25) is 11.3 Å². The van der Waals surface area contributed by atoms with Gasteiger partial charge in [0.15, 0.2) is 11.5 Å². The van der Waals surface area contributed by atoms with E-state index < -0.39 is 0 Å². The van der Waals surface area contributed by atoms with Crippen LogP contribution >= 0.6 is 0 Å². The minimum absolute atomic E-state index is 0.0351. The van der Waals surface area contributed by atoms with Crippen molar-refractivity contribution in [3.05, 3.63) is 135 Å². The summed E-state index contributed by atoms with van der Waals surface area (Å²) in [6.45, 7) is 5.38. The molecular weight excluding hydrogens is 488 g/mol. The first kappa shape index (κ1) is 27.6. The third kappa shape index (κ3) is 7.32. The topological polar surface area (TPSA) is 77.4 Å². The summed E-state index contributed by atoms with van der Waals surface area (Å²) in [6, 6.07) is 27.7. The molecule has 1 aromatic heterocycles. The summed E-state index contributed by atoms with van der Waals surface area (Å²) in [6.07, 6.45) is 3.43. The lowest BCUT2D eigenvalue weighted by Crippen LogP contribution is -2.29. The van der Waals surface area contributed by atoms with Crippen molar-refractivity contribution in [2.24, 2.45) is 0 Å². The second-order valence-electron chi connectivity index (χ2n) is 9.60. The number of rotatable bonds is 12. The highest BCUT2D eigenvalue weighted by molar-refractivity contribution is 6.09. The van der Waals surface area contributed by atoms with E-state index in [-0.39, 0.29) is 23.0 Å². The van der Waals surface area contributed by atoms with E-state index in [2.05, 4.69) is 5.32 Å². The van der Waals surface area contributed by atoms with Gasteiger partial charge in [-0.15, -0.1) is 0 Å². The van der Waals surface area contributed by atoms with Crippen LogP contribution in [-0.4, -0.2) is 22.8 Å². The van der Waals surface area contributed by atoms with Gasteiger partial charge in [0, 0.05) is 36.5 Å². The van der Waals surface area contributed by atoms with Gasteiger partial charge in [-0.05, 0) is 37.8 Å². The van der Waals surface area contributed by atoms with Gasteiger partial charge in [-0.3, -0.25) is 14.4 Å². The zero-order valence-electron chi connectivity index (χ0n) is 22.4. The first-order valence-electron chi connectivity index (χ1n) is 13.3. The van der Waals surface area contributed by atoms with Crippen LogP contribution in [0.4, 0.5) is 0 Å². The second-order valence-corrected chi connectivity index (χ2v) is 9.60. The van der Waals surface area contributed by atoms with E-state index in [0.29, 0.717) is 30.0 Å². The minimum Gasteiger partial charge on any atom is -0.483 e. The van der Waals surface area contributed by atoms with Crippen LogP contribution in [0.3, 0.4) is 0 Å². The van der Waals surface area contributed by atoms with Gasteiger partial charge in [-0.2, -0.15) is 0 Å². The summed E-state index contributed by atoms with van der Waals surface area (Å²) in [4.78, 5) is 37.7. The Morgan fingerprint density at radius 3 is 2.18 bits per heavy atom. The van der Waals surface area contributed by atoms with Gasteiger partial charge in [-0.25, -0.2) is 0 Å². The van der Waals surface area contributed by atoms with Gasteiger partial charge in [0.05, 0.1) is 11.6 Å². The maximum Gasteiger partial charge on any atom is 0.227 e. The Labute approximate surface area is 229 Å². The predicted octanol–water partition coefficient (Wildman–Crippen LogP) is 5.67. The number of nitrogens with zero attached hydrogens (tertiary/aromatic N) is 1. The number of ketones is 1. The van der Waals surface area contributed by atoms with Crippen LogP contribution in [0.15, 0.2) is 102 Å². The molecule has 4 rings (SSSR count). The number of carbonyl (C=O) groups is 2. The highest BCUT2D eigenvalue weighted by Crippen LogP contribution is 2.18. The third-order valence-electron chi connectivity index (χ3n) is 6.84. The third-order valence-corrected chi connectivity index (χ3v) is 6.84. The van der Waals surface area contributed by atoms with Crippen molar-refractivity contribution in [1.82, 2.24) is 9.88 Å². The smallest absolute Gasteiger partial charge is 0.227 e. The van der Waals surface area contributed by atoms with Gasteiger partial charge in [0.1, 0.15) is 6.61 Å². The van der Waals surface area contributed by atoms with Crippen molar-refractivity contribution < 1.29 is 14.3 Å². The standard InChI is InChI=1S/C33H34N2O4/c1-24(27-15-17-29(18-16-27)31(37)28-13-7-4-8-14-28)33(38)34-20-9-10-21-35-22-19-30(36)32(25(35)2)39-23-26-11-5-3-6-12-26/h3-8,11-19,22,24H,9-10,20-21,23H2,1-2H3,(H,34,38). The highest BCUT2D eigenvalue weighted by Gasteiger charge is 2.16. The summed E-state index contributed by atoms with van der Waals surface area (Å²) >= 11 is 0. The summed E-state index contributed by atoms with van der Waals surface area (Å²) in [7, 11) is 0. The maximum absolute atomic E-state index is 12.7. The number of aryl methyl sites for hydroxylation is 1. The predicted molar refractivity (Wildman–Crippen MR) is 153 cm³/mol. The minimum atomic E-state index is -0.323. The van der Waals surface area contributed by atoms with E-state index in [1.54, 1.807) is 30.5 Å². The number of carbonyl (C=O) groups excluding carboxylic acids is 2. The van der Waals surface area contributed by atoms with Gasteiger partial charge in [0.25, 0.3) is 0 Å². The Balaban J connectivity index is 1.23. The number of ether oxygens (including phenoxy) is 1. The number of pyridine rings is 1. The Bertz CT molecular complexity index is 1450. The van der Waals surface area contributed by atoms with E-state index in [9.17, 15) is 14.4 Å². The molecule has 0 bridgehead atoms. The van der Waals surface area contributed by atoms with Crippen LogP contribution in [0.2, 0.25) is 0 Å². The molecule has 0 radical (unpaired) electrons. The van der Waals surface area contributed by atoms with Crippen molar-refractivity contribution in [3.63, 3.8) is 0 Å². The summed E-state index contributed by atoms with van der Waals surface area (Å²) in [5.41, 5.74) is 3.79. The molecule has 39 heavy (non-hydrogen) atoms. The molecule has 6 nitrogen and oxygen atoms in total. The molecule has 1 amide bonds. The van der Waals surface area contributed by atoms with Crippen molar-refractivity contribution in [1.29, 1.82) is 0 Å². The molecule has 4 aromatic rings. The molecule has 0 fully saturated rings. The number of unbranched alkanes of at least 4 members (excludes halogenated alkanes) is 1. The molecule has 1 N–H and O–H groups in total. The monoisotopic (exact) mass is 522 g/mol. The van der Waals surface area contributed by atoms with Crippen LogP contribution < -0.4 is 15.5 Å². The summed E-state index contributed by atoms with van der Waals surface area (Å²) in [5, 5.41) is 3.01. The van der Waals surface area contributed by atoms with E-state index >= 15 is 0 Å². The van der Waals surface area contributed by atoms with E-state index in [1.165, 1.54) is 6.07 Å². The lowest BCUT2D eigenvalue weighted by Gasteiger charge is -2.16. The van der Waals surface area contributed by atoms with E-state index in [0.717, 1.165) is 36.2 Å². The van der Waals surface area contributed by atoms with Crippen LogP contribution in [-0.2, 0) is 17.9 Å². The zero-order valence-corrected chi connectivity index (χ0v) is 22.4. The Hall–Kier alpha value is -4.45. The molecule has 200 valence electrons. The van der Waals surface area contributed by atoms with Crippen molar-refractivity contribution >= 4 is 11.7 Å². The number of amides is 1. The molecular formula is C33H34N2O4. The lowest BCUT2D eigenvalue weighted by atomic mass is 9.96. The van der Waals surface area contributed by atoms with Gasteiger partial charge in [-0.1, -0.05) is 84.9 Å². The fourth-order valence-electron chi connectivity index (χ4n) is 4.40. The van der Waals surface area contributed by atoms with Crippen LogP contribution in [0.1, 0.15) is 58.4 Å². The van der Waals surface area contributed by atoms with Gasteiger partial charge < -0.3 is 14.6 Å². The molecule has 1 atom stereocenters. The summed E-state index contributed by atoms with van der Waals surface area (Å²) < 4.78 is 7.87. The molecule has 3 aromatic carbocycles. The molecule has 1 heterocycles. The molecule has 0 aliphatic carbocycles. The van der Waals surface area contributed by atoms with Crippen molar-refractivity contribution in [2.75, 3.05) is 6.54 Å². The van der Waals surface area contributed by atoms with Crippen LogP contribution in [0.5, 0.6) is 5.75 Å². The number of aromatic nitrogens is 1. The molecule has 0 aliphatic heterocycles. The van der Waals surface area contributed by atoms with E-state index in [4.69, 9.17) is 4.74 Å². The SMILES string of the molecule is Cc1c(OCc2ccccc2)c(=O)ccn1CCCCNC(=O)C(C)c1ccc(C(=O)c2ccccc2)cc1. The number of benzene rings is 3. The fourth-order valence-corrected chi connectivity index (χ4v) is 4.40. The Morgan fingerprint density at radius 2 is 1.49 bits per heavy atom. The molecule has 6 heteroatoms. The highest BCUT2D eigenvalue weighted by atomic mass is 16.5. The fraction of sp³-hybridized carbons (Fsp3) is 0.242. The average Bonchev–Trinajstić information content (AvgIpc) is 2.98. The Morgan fingerprint density at radius 1 is 0.846 bits per heavy atom. The maximum atomic E-state index is 12.7. The summed E-state index contributed by atoms with van der Waals surface area (Å²) in [5.74, 6) is -0.0307. The average molecular weight is 523 g/mol. The quantitative estimate of drug-likeness (QED) is 0.192.